The number of amides is 2. The van der Waals surface area contributed by atoms with Crippen LogP contribution in [-0.2, 0) is 19.0 Å². The van der Waals surface area contributed by atoms with Crippen molar-refractivity contribution in [3.05, 3.63) is 42.2 Å². The van der Waals surface area contributed by atoms with Crippen molar-refractivity contribution < 1.29 is 69.5 Å². The third-order valence-corrected chi connectivity index (χ3v) is 10.6. The largest absolute Gasteiger partial charge is 0.460 e. The van der Waals surface area contributed by atoms with E-state index in [0.717, 1.165) is 38.5 Å². The monoisotopic (exact) mass is 827 g/mol. The van der Waals surface area contributed by atoms with Crippen molar-refractivity contribution >= 4 is 18.0 Å². The van der Waals surface area contributed by atoms with E-state index in [9.17, 15) is 55.3 Å². The fourth-order valence-electron chi connectivity index (χ4n) is 7.39. The molecule has 4 N–H and O–H groups in total. The molecule has 2 saturated carbocycles. The Labute approximate surface area is 328 Å². The lowest BCUT2D eigenvalue weighted by atomic mass is 9.81. The first-order valence-electron chi connectivity index (χ1n) is 19.7. The van der Waals surface area contributed by atoms with Gasteiger partial charge in [0.1, 0.15) is 19.3 Å². The number of nitrogens with zero attached hydrogens (tertiary/aromatic N) is 1. The molecule has 5 atom stereocenters. The number of ether oxygens (including phenoxy) is 3. The minimum Gasteiger partial charge on any atom is -0.460 e. The van der Waals surface area contributed by atoms with Crippen LogP contribution in [-0.4, -0.2) is 102 Å². The molecule has 0 aliphatic heterocycles. The summed E-state index contributed by atoms with van der Waals surface area (Å²) in [5.74, 6) is -15.7. The summed E-state index contributed by atoms with van der Waals surface area (Å²) >= 11 is 0. The second kappa shape index (κ2) is 23.2. The smallest absolute Gasteiger partial charge is 0.459 e. The molecule has 3 rings (SSSR count). The Morgan fingerprint density at radius 1 is 0.842 bits per heavy atom. The summed E-state index contributed by atoms with van der Waals surface area (Å²) in [7, 11) is 0. The van der Waals surface area contributed by atoms with Crippen LogP contribution in [0.5, 0.6) is 0 Å². The molecule has 0 spiro atoms. The van der Waals surface area contributed by atoms with Crippen LogP contribution in [0, 0.1) is 17.8 Å². The van der Waals surface area contributed by atoms with Crippen LogP contribution in [0.3, 0.4) is 0 Å². The van der Waals surface area contributed by atoms with Gasteiger partial charge in [0.2, 0.25) is 5.91 Å². The summed E-state index contributed by atoms with van der Waals surface area (Å²) in [6, 6.07) is 0.00414. The number of aromatic nitrogens is 1. The van der Waals surface area contributed by atoms with Crippen molar-refractivity contribution in [2.75, 3.05) is 26.4 Å². The van der Waals surface area contributed by atoms with Gasteiger partial charge in [-0.15, -0.1) is 0 Å². The summed E-state index contributed by atoms with van der Waals surface area (Å²) in [5.41, 5.74) is 0.269. The highest BCUT2D eigenvalue weighted by Gasteiger charge is 2.76. The summed E-state index contributed by atoms with van der Waals surface area (Å²) in [6.07, 6.45) is 0.303. The van der Waals surface area contributed by atoms with E-state index < -0.39 is 78.5 Å². The number of halogens is 7. The van der Waals surface area contributed by atoms with Gasteiger partial charge in [0.25, 0.3) is 0 Å². The molecule has 0 saturated heterocycles. The predicted octanol–water partition coefficient (Wildman–Crippen LogP) is 7.30. The zero-order valence-electron chi connectivity index (χ0n) is 32.2. The zero-order valence-corrected chi connectivity index (χ0v) is 32.2. The molecular weight excluding hydrogens is 771 g/mol. The number of aliphatic hydroxyl groups excluding tert-OH is 2. The minimum atomic E-state index is -6.68. The number of carbonyl (C=O) groups is 3. The minimum absolute atomic E-state index is 0.0105. The number of alkyl carbamates (subject to hydrolysis) is 1. The van der Waals surface area contributed by atoms with Gasteiger partial charge in [0.05, 0.1) is 37.0 Å². The van der Waals surface area contributed by atoms with E-state index in [-0.39, 0.29) is 50.8 Å². The molecular formula is C39H56F7N3O8. The Kier molecular flexibility index (Phi) is 19.5. The summed E-state index contributed by atoms with van der Waals surface area (Å²) in [6.45, 7) is 1.31. The molecule has 18 heteroatoms. The van der Waals surface area contributed by atoms with E-state index in [1.807, 2.05) is 0 Å². The van der Waals surface area contributed by atoms with Crippen molar-refractivity contribution in [2.45, 2.75) is 139 Å². The number of carbonyl (C=O) groups excluding carboxylic acids is 3. The number of nitrogens with one attached hydrogen (secondary N) is 2. The molecule has 11 nitrogen and oxygen atoms in total. The van der Waals surface area contributed by atoms with Crippen LogP contribution >= 0.6 is 0 Å². The van der Waals surface area contributed by atoms with E-state index >= 15 is 0 Å². The van der Waals surface area contributed by atoms with Gasteiger partial charge in [-0.2, -0.15) is 30.7 Å². The summed E-state index contributed by atoms with van der Waals surface area (Å²) in [5, 5.41) is 26.8. The first-order valence-corrected chi connectivity index (χ1v) is 19.7. The van der Waals surface area contributed by atoms with Gasteiger partial charge < -0.3 is 35.1 Å². The third kappa shape index (κ3) is 15.0. The highest BCUT2D eigenvalue weighted by atomic mass is 19.4. The average molecular weight is 828 g/mol. The lowest BCUT2D eigenvalue weighted by Gasteiger charge is -2.38. The molecule has 2 amide bonds. The molecule has 57 heavy (non-hydrogen) atoms. The summed E-state index contributed by atoms with van der Waals surface area (Å²) < 4.78 is 113. The lowest BCUT2D eigenvalue weighted by Crippen LogP contribution is -2.63. The number of allylic oxidation sites excluding steroid dienone is 2. The second-order valence-corrected chi connectivity index (χ2v) is 14.9. The maximum Gasteiger partial charge on any atom is 0.459 e. The normalized spacial score (nSPS) is 19.0. The first-order chi connectivity index (χ1) is 27.0. The number of rotatable bonds is 22. The highest BCUT2D eigenvalue weighted by molar-refractivity contribution is 5.88. The SMILES string of the molecule is C/C=C/C[C@H](C[C@H](O)[C@H](CC1CCCCC1)NC(=O)OCCOCCOC(=O)c1cccnc1)C(=O)N[C@@H](CC1CCCCC1)[C@@H](O)C(F)(F)C(F)(F)C(F)(F)F. The van der Waals surface area contributed by atoms with Gasteiger partial charge in [-0.1, -0.05) is 76.4 Å². The Morgan fingerprint density at radius 3 is 1.96 bits per heavy atom. The van der Waals surface area contributed by atoms with Crippen molar-refractivity contribution in [1.82, 2.24) is 15.6 Å². The fraction of sp³-hybridized carbons (Fsp3) is 0.744. The van der Waals surface area contributed by atoms with Crippen LogP contribution in [0.15, 0.2) is 36.7 Å². The molecule has 2 fully saturated rings. The number of aliphatic hydroxyl groups is 2. The molecule has 1 heterocycles. The Morgan fingerprint density at radius 2 is 1.42 bits per heavy atom. The first kappa shape index (κ1) is 47.9. The number of esters is 1. The van der Waals surface area contributed by atoms with Crippen LogP contribution in [0.2, 0.25) is 0 Å². The standard InChI is InChI=1S/C39H56F7N3O8/c1-2-3-15-28(34(52)48-31(23-27-13-8-5-9-14-27)33(51)37(40,41)38(42,43)39(44,45)46)24-32(50)30(22-26-11-6-4-7-12-26)49-36(54)57-21-19-55-18-20-56-35(53)29-16-10-17-47-25-29/h2-3,10,16-17,25-28,30-33,50-51H,4-9,11-15,18-24H2,1H3,(H,48,52)(H,49,54)/b3-2+/t28-,30+,31+,32+,33-/m1/s1. The molecule has 324 valence electrons. The Bertz CT molecular complexity index is 1390. The third-order valence-electron chi connectivity index (χ3n) is 10.6. The molecule has 1 aromatic heterocycles. The van der Waals surface area contributed by atoms with Gasteiger partial charge in [-0.25, -0.2) is 9.59 Å². The van der Waals surface area contributed by atoms with Crippen LogP contribution < -0.4 is 10.6 Å². The Hall–Kier alpha value is -3.51. The van der Waals surface area contributed by atoms with Crippen LogP contribution in [0.1, 0.15) is 107 Å². The molecule has 1 aromatic rings. The van der Waals surface area contributed by atoms with E-state index in [4.69, 9.17) is 14.2 Å². The number of hydrogen-bond donors (Lipinski definition) is 4. The molecule has 0 bridgehead atoms. The van der Waals surface area contributed by atoms with Gasteiger partial charge >= 0.3 is 30.1 Å². The van der Waals surface area contributed by atoms with E-state index in [1.165, 1.54) is 18.5 Å². The fourth-order valence-corrected chi connectivity index (χ4v) is 7.39. The number of hydrogen-bond acceptors (Lipinski definition) is 9. The molecule has 0 radical (unpaired) electrons. The quantitative estimate of drug-likeness (QED) is 0.0408. The van der Waals surface area contributed by atoms with Gasteiger partial charge in [0.15, 0.2) is 0 Å². The van der Waals surface area contributed by atoms with Crippen LogP contribution in [0.4, 0.5) is 35.5 Å². The zero-order chi connectivity index (χ0) is 42.1. The topological polar surface area (TPSA) is 156 Å². The lowest BCUT2D eigenvalue weighted by molar-refractivity contribution is -0.372. The number of alkyl halides is 7. The maximum atomic E-state index is 14.9. The van der Waals surface area contributed by atoms with Gasteiger partial charge in [-0.05, 0) is 56.6 Å². The van der Waals surface area contributed by atoms with Crippen molar-refractivity contribution in [3.63, 3.8) is 0 Å². The highest BCUT2D eigenvalue weighted by Crippen LogP contribution is 2.49. The van der Waals surface area contributed by atoms with Crippen molar-refractivity contribution in [2.24, 2.45) is 17.8 Å². The second-order valence-electron chi connectivity index (χ2n) is 14.9. The molecule has 2 aliphatic rings. The van der Waals surface area contributed by atoms with Crippen LogP contribution in [0.25, 0.3) is 0 Å². The Balaban J connectivity index is 1.67. The van der Waals surface area contributed by atoms with Crippen molar-refractivity contribution in [1.29, 1.82) is 0 Å². The van der Waals surface area contributed by atoms with E-state index in [2.05, 4.69) is 15.6 Å². The predicted molar refractivity (Wildman–Crippen MR) is 193 cm³/mol. The van der Waals surface area contributed by atoms with Gasteiger partial charge in [-0.3, -0.25) is 9.78 Å². The number of pyridine rings is 1. The van der Waals surface area contributed by atoms with E-state index in [0.29, 0.717) is 32.1 Å². The average Bonchev–Trinajstić information content (AvgIpc) is 3.18. The summed E-state index contributed by atoms with van der Waals surface area (Å²) in [4.78, 5) is 42.4. The maximum absolute atomic E-state index is 14.9. The van der Waals surface area contributed by atoms with Gasteiger partial charge in [0, 0.05) is 18.3 Å². The van der Waals surface area contributed by atoms with Crippen molar-refractivity contribution in [3.8, 4) is 0 Å². The molecule has 0 aromatic carbocycles. The molecule has 0 unspecified atom stereocenters. The van der Waals surface area contributed by atoms with E-state index in [1.54, 1.807) is 25.1 Å². The molecule has 2 aliphatic carbocycles.